The molecule has 206 valence electrons. The Hall–Kier alpha value is -2.18. The number of benzene rings is 2. The fourth-order valence-corrected chi connectivity index (χ4v) is 6.60. The molecule has 1 heterocycles. The van der Waals surface area contributed by atoms with Gasteiger partial charge in [0, 0.05) is 11.1 Å². The van der Waals surface area contributed by atoms with Gasteiger partial charge in [-0.1, -0.05) is 49.8 Å². The Morgan fingerprint density at radius 3 is 1.92 bits per heavy atom. The maximum Gasteiger partial charge on any atom is 0.166 e. The van der Waals surface area contributed by atoms with Gasteiger partial charge in [0.2, 0.25) is 0 Å². The Kier molecular flexibility index (Phi) is 8.59. The SMILES string of the molecule is CCCC(O)C1CCC(c2ccc(/C=C/C3CCC(c4ccc(C5CO5)c(F)c4F)CC3)c(F)c2F)CC1. The molecule has 2 saturated carbocycles. The van der Waals surface area contributed by atoms with E-state index in [0.29, 0.717) is 23.3 Å². The second-order valence-corrected chi connectivity index (χ2v) is 11.5. The number of aliphatic hydroxyl groups excluding tert-OH is 1. The second kappa shape index (κ2) is 11.9. The normalized spacial score (nSPS) is 28.5. The molecule has 3 fully saturated rings. The van der Waals surface area contributed by atoms with Crippen LogP contribution in [-0.2, 0) is 4.74 Å². The van der Waals surface area contributed by atoms with Gasteiger partial charge in [0.1, 0.15) is 6.10 Å². The van der Waals surface area contributed by atoms with Crippen molar-refractivity contribution in [2.24, 2.45) is 11.8 Å². The predicted molar refractivity (Wildman–Crippen MR) is 141 cm³/mol. The molecule has 38 heavy (non-hydrogen) atoms. The summed E-state index contributed by atoms with van der Waals surface area (Å²) in [6, 6.07) is 6.71. The van der Waals surface area contributed by atoms with E-state index in [1.165, 1.54) is 0 Å². The number of hydrogen-bond acceptors (Lipinski definition) is 2. The monoisotopic (exact) mass is 530 g/mol. The third-order valence-electron chi connectivity index (χ3n) is 9.06. The Morgan fingerprint density at radius 2 is 1.32 bits per heavy atom. The van der Waals surface area contributed by atoms with Crippen LogP contribution in [0, 0.1) is 35.1 Å². The van der Waals surface area contributed by atoms with Crippen LogP contribution < -0.4 is 0 Å². The zero-order valence-electron chi connectivity index (χ0n) is 22.1. The Morgan fingerprint density at radius 1 is 0.789 bits per heavy atom. The van der Waals surface area contributed by atoms with Crippen LogP contribution in [0.3, 0.4) is 0 Å². The topological polar surface area (TPSA) is 32.8 Å². The van der Waals surface area contributed by atoms with E-state index in [-0.39, 0.29) is 41.4 Å². The van der Waals surface area contributed by atoms with Gasteiger partial charge in [0.25, 0.3) is 0 Å². The molecule has 2 nitrogen and oxygen atoms in total. The molecule has 3 aliphatic rings. The number of halogens is 4. The highest BCUT2D eigenvalue weighted by Gasteiger charge is 2.32. The van der Waals surface area contributed by atoms with E-state index in [4.69, 9.17) is 4.74 Å². The lowest BCUT2D eigenvalue weighted by molar-refractivity contribution is 0.0727. The molecule has 2 atom stereocenters. The summed E-state index contributed by atoms with van der Waals surface area (Å²) in [5.74, 6) is -2.75. The van der Waals surface area contributed by atoms with Crippen molar-refractivity contribution < 1.29 is 27.4 Å². The van der Waals surface area contributed by atoms with Crippen LogP contribution in [0.15, 0.2) is 30.3 Å². The van der Waals surface area contributed by atoms with Crippen LogP contribution in [0.5, 0.6) is 0 Å². The van der Waals surface area contributed by atoms with E-state index in [1.807, 2.05) is 6.08 Å². The summed E-state index contributed by atoms with van der Waals surface area (Å²) in [4.78, 5) is 0. The number of aliphatic hydroxyl groups is 1. The quantitative estimate of drug-likeness (QED) is 0.273. The van der Waals surface area contributed by atoms with E-state index in [9.17, 15) is 18.3 Å². The Balaban J connectivity index is 1.17. The highest BCUT2D eigenvalue weighted by Crippen LogP contribution is 2.42. The smallest absolute Gasteiger partial charge is 0.166 e. The van der Waals surface area contributed by atoms with Crippen molar-refractivity contribution in [3.8, 4) is 0 Å². The zero-order chi connectivity index (χ0) is 26.8. The van der Waals surface area contributed by atoms with Crippen LogP contribution in [0.1, 0.15) is 111 Å². The number of rotatable bonds is 8. The predicted octanol–water partition coefficient (Wildman–Crippen LogP) is 8.74. The molecule has 0 radical (unpaired) electrons. The lowest BCUT2D eigenvalue weighted by Crippen LogP contribution is -2.25. The van der Waals surface area contributed by atoms with Gasteiger partial charge in [-0.2, -0.15) is 0 Å². The lowest BCUT2D eigenvalue weighted by atomic mass is 9.75. The number of allylic oxidation sites excluding steroid dienone is 1. The van der Waals surface area contributed by atoms with Crippen molar-refractivity contribution in [2.75, 3.05) is 6.61 Å². The van der Waals surface area contributed by atoms with Gasteiger partial charge in [-0.15, -0.1) is 0 Å². The number of epoxide rings is 1. The molecule has 2 unspecified atom stereocenters. The summed E-state index contributed by atoms with van der Waals surface area (Å²) in [7, 11) is 0. The average Bonchev–Trinajstić information content (AvgIpc) is 3.77. The highest BCUT2D eigenvalue weighted by atomic mass is 19.2. The summed E-state index contributed by atoms with van der Waals surface area (Å²) < 4.78 is 64.3. The van der Waals surface area contributed by atoms with Crippen LogP contribution in [-0.4, -0.2) is 17.8 Å². The number of hydrogen-bond donors (Lipinski definition) is 1. The molecule has 0 amide bonds. The minimum absolute atomic E-state index is 0.0148. The average molecular weight is 531 g/mol. The molecule has 5 rings (SSSR count). The largest absolute Gasteiger partial charge is 0.393 e. The van der Waals surface area contributed by atoms with Crippen molar-refractivity contribution >= 4 is 6.08 Å². The lowest BCUT2D eigenvalue weighted by Gasteiger charge is -2.32. The first kappa shape index (κ1) is 27.4. The van der Waals surface area contributed by atoms with Gasteiger partial charge < -0.3 is 9.84 Å². The molecular weight excluding hydrogens is 492 g/mol. The van der Waals surface area contributed by atoms with Gasteiger partial charge in [0.15, 0.2) is 23.3 Å². The molecule has 0 spiro atoms. The van der Waals surface area contributed by atoms with Gasteiger partial charge in [-0.25, -0.2) is 17.6 Å². The molecule has 2 aliphatic carbocycles. The molecule has 0 aromatic heterocycles. The highest BCUT2D eigenvalue weighted by molar-refractivity contribution is 5.52. The molecule has 2 aromatic carbocycles. The van der Waals surface area contributed by atoms with Crippen molar-refractivity contribution in [2.45, 2.75) is 95.2 Å². The first-order valence-corrected chi connectivity index (χ1v) is 14.3. The van der Waals surface area contributed by atoms with E-state index < -0.39 is 23.3 Å². The minimum atomic E-state index is -0.808. The molecule has 0 bridgehead atoms. The molecule has 2 aromatic rings. The standard InChI is InChI=1S/C32H38F4O2/c1-2-3-27(37)22-12-10-21(11-13-22)24-15-14-23(29(33)30(24)34)9-6-19-4-7-20(8-5-19)25-16-17-26(28-18-38-28)32(36)31(25)35/h6,9,14-17,19-22,27-28,37H,2-5,7-8,10-13,18H2,1H3/b9-6+. The Bertz CT molecular complexity index is 1140. The molecule has 1 saturated heterocycles. The third kappa shape index (κ3) is 5.86. The second-order valence-electron chi connectivity index (χ2n) is 11.5. The van der Waals surface area contributed by atoms with Crippen molar-refractivity contribution in [3.63, 3.8) is 0 Å². The maximum absolute atomic E-state index is 15.0. The van der Waals surface area contributed by atoms with E-state index in [0.717, 1.165) is 64.2 Å². The van der Waals surface area contributed by atoms with Crippen LogP contribution in [0.25, 0.3) is 6.08 Å². The van der Waals surface area contributed by atoms with E-state index >= 15 is 4.39 Å². The van der Waals surface area contributed by atoms with Crippen LogP contribution >= 0.6 is 0 Å². The third-order valence-corrected chi connectivity index (χ3v) is 9.06. The first-order valence-electron chi connectivity index (χ1n) is 14.3. The fraction of sp³-hybridized carbons (Fsp3) is 0.562. The van der Waals surface area contributed by atoms with Crippen LogP contribution in [0.2, 0.25) is 0 Å². The Labute approximate surface area is 223 Å². The van der Waals surface area contributed by atoms with Crippen molar-refractivity contribution in [1.29, 1.82) is 0 Å². The fourth-order valence-electron chi connectivity index (χ4n) is 6.60. The van der Waals surface area contributed by atoms with Crippen molar-refractivity contribution in [1.82, 2.24) is 0 Å². The molecule has 1 aliphatic heterocycles. The summed E-state index contributed by atoms with van der Waals surface area (Å²) in [5.41, 5.74) is 1.40. The van der Waals surface area contributed by atoms with E-state index in [1.54, 1.807) is 30.3 Å². The summed E-state index contributed by atoms with van der Waals surface area (Å²) in [6.07, 6.45) is 10.9. The molecule has 6 heteroatoms. The maximum atomic E-state index is 15.0. The van der Waals surface area contributed by atoms with Gasteiger partial charge >= 0.3 is 0 Å². The van der Waals surface area contributed by atoms with E-state index in [2.05, 4.69) is 6.92 Å². The zero-order valence-corrected chi connectivity index (χ0v) is 22.1. The van der Waals surface area contributed by atoms with Gasteiger partial charge in [-0.3, -0.25) is 0 Å². The number of ether oxygens (including phenoxy) is 1. The summed E-state index contributed by atoms with van der Waals surface area (Å²) >= 11 is 0. The molecule has 1 N–H and O–H groups in total. The summed E-state index contributed by atoms with van der Waals surface area (Å²) in [5, 5.41) is 10.3. The van der Waals surface area contributed by atoms with Gasteiger partial charge in [-0.05, 0) is 92.6 Å². The van der Waals surface area contributed by atoms with Gasteiger partial charge in [0.05, 0.1) is 12.7 Å². The van der Waals surface area contributed by atoms with Crippen LogP contribution in [0.4, 0.5) is 17.6 Å². The summed E-state index contributed by atoms with van der Waals surface area (Å²) in [6.45, 7) is 2.49. The first-order chi connectivity index (χ1) is 18.4. The molecular formula is C32H38F4O2. The van der Waals surface area contributed by atoms with Crippen molar-refractivity contribution in [3.05, 3.63) is 75.9 Å². The minimum Gasteiger partial charge on any atom is -0.393 e.